The van der Waals surface area contributed by atoms with Gasteiger partial charge in [-0.15, -0.1) is 0 Å². The minimum atomic E-state index is -4.82. The van der Waals surface area contributed by atoms with Gasteiger partial charge in [0.2, 0.25) is 5.82 Å². The maximum atomic E-state index is 13.3. The van der Waals surface area contributed by atoms with Crippen molar-refractivity contribution in [3.8, 4) is 0 Å². The summed E-state index contributed by atoms with van der Waals surface area (Å²) < 4.78 is 45.2. The second-order valence-corrected chi connectivity index (χ2v) is 6.57. The first kappa shape index (κ1) is 22.0. The van der Waals surface area contributed by atoms with E-state index in [1.165, 1.54) is 30.3 Å². The Bertz CT molecular complexity index is 1180. The van der Waals surface area contributed by atoms with Gasteiger partial charge < -0.3 is 14.6 Å². The first-order valence-corrected chi connectivity index (χ1v) is 8.86. The molecule has 13 heteroatoms. The fraction of sp³-hybridized carbons (Fsp3) is 0.167. The van der Waals surface area contributed by atoms with Crippen LogP contribution < -0.4 is 5.32 Å². The van der Waals surface area contributed by atoms with Crippen LogP contribution in [0.25, 0.3) is 11.0 Å². The van der Waals surface area contributed by atoms with E-state index >= 15 is 0 Å². The van der Waals surface area contributed by atoms with Gasteiger partial charge in [-0.1, -0.05) is 23.7 Å². The summed E-state index contributed by atoms with van der Waals surface area (Å²) in [6.45, 7) is -1.73. The molecular formula is C18H12ClF3N4O5. The molecule has 1 aromatic heterocycles. The number of hydrogen-bond donors (Lipinski definition) is 1. The summed E-state index contributed by atoms with van der Waals surface area (Å²) in [4.78, 5) is 37.8. The number of anilines is 1. The molecule has 0 aliphatic carbocycles. The minimum absolute atomic E-state index is 0.0358. The third kappa shape index (κ3) is 5.09. The first-order valence-electron chi connectivity index (χ1n) is 8.48. The van der Waals surface area contributed by atoms with E-state index in [0.29, 0.717) is 4.57 Å². The molecule has 0 radical (unpaired) electrons. The largest absolute Gasteiger partial charge is 0.454 e. The summed E-state index contributed by atoms with van der Waals surface area (Å²) in [6.07, 6.45) is -4.82. The highest BCUT2D eigenvalue weighted by Gasteiger charge is 2.38. The van der Waals surface area contributed by atoms with Crippen LogP contribution >= 0.6 is 11.6 Å². The lowest BCUT2D eigenvalue weighted by molar-refractivity contribution is -0.383. The Balaban J connectivity index is 1.70. The number of benzene rings is 2. The quantitative estimate of drug-likeness (QED) is 0.342. The van der Waals surface area contributed by atoms with Gasteiger partial charge in [-0.25, -0.2) is 4.98 Å². The Kier molecular flexibility index (Phi) is 6.11. The second-order valence-electron chi connectivity index (χ2n) is 6.14. The standard InChI is InChI=1S/C18H12ClF3N4O5/c19-10-5-6-14(26(29)30)12(7-10)23-15(27)9-31-16(28)8-25-13-4-2-1-3-11(13)24-17(25)18(20,21)22/h1-7H,8-9H2,(H,23,27). The second kappa shape index (κ2) is 8.60. The van der Waals surface area contributed by atoms with Crippen molar-refractivity contribution < 1.29 is 32.4 Å². The molecule has 0 saturated heterocycles. The number of ether oxygens (including phenoxy) is 1. The number of rotatable bonds is 6. The van der Waals surface area contributed by atoms with Gasteiger partial charge in [-0.3, -0.25) is 19.7 Å². The highest BCUT2D eigenvalue weighted by Crippen LogP contribution is 2.31. The van der Waals surface area contributed by atoms with Crippen molar-refractivity contribution in [1.29, 1.82) is 0 Å². The molecule has 3 aromatic rings. The molecule has 9 nitrogen and oxygen atoms in total. The summed E-state index contributed by atoms with van der Waals surface area (Å²) in [6, 6.07) is 9.16. The molecule has 0 aliphatic rings. The number of halogens is 4. The molecular weight excluding hydrogens is 445 g/mol. The number of nitrogens with one attached hydrogen (secondary N) is 1. The van der Waals surface area contributed by atoms with Crippen molar-refractivity contribution >= 4 is 45.9 Å². The van der Waals surface area contributed by atoms with Gasteiger partial charge in [-0.2, -0.15) is 13.2 Å². The van der Waals surface area contributed by atoms with Gasteiger partial charge in [-0.05, 0) is 24.3 Å². The average molecular weight is 457 g/mol. The summed E-state index contributed by atoms with van der Waals surface area (Å²) in [7, 11) is 0. The minimum Gasteiger partial charge on any atom is -0.454 e. The SMILES string of the molecule is O=C(COC(=O)Cn1c(C(F)(F)F)nc2ccccc21)Nc1cc(Cl)ccc1[N+](=O)[O-]. The number of imidazole rings is 1. The Morgan fingerprint density at radius 3 is 2.61 bits per heavy atom. The van der Waals surface area contributed by atoms with Crippen LogP contribution in [0.2, 0.25) is 5.02 Å². The molecule has 1 amide bonds. The van der Waals surface area contributed by atoms with Crippen LogP contribution in [0.15, 0.2) is 42.5 Å². The van der Waals surface area contributed by atoms with Crippen LogP contribution in [0.3, 0.4) is 0 Å². The molecule has 1 heterocycles. The normalized spacial score (nSPS) is 11.4. The third-order valence-electron chi connectivity index (χ3n) is 3.99. The Morgan fingerprint density at radius 2 is 1.94 bits per heavy atom. The van der Waals surface area contributed by atoms with Gasteiger partial charge in [0.15, 0.2) is 6.61 Å². The number of alkyl halides is 3. The molecule has 0 aliphatic heterocycles. The van der Waals surface area contributed by atoms with Crippen LogP contribution in [0.1, 0.15) is 5.82 Å². The van der Waals surface area contributed by atoms with Crippen LogP contribution in [0.5, 0.6) is 0 Å². The zero-order valence-corrected chi connectivity index (χ0v) is 16.1. The number of carbonyl (C=O) groups is 2. The van der Waals surface area contributed by atoms with E-state index in [4.69, 9.17) is 16.3 Å². The number of nitro benzene ring substituents is 1. The molecule has 162 valence electrons. The highest BCUT2D eigenvalue weighted by atomic mass is 35.5. The van der Waals surface area contributed by atoms with E-state index in [1.54, 1.807) is 0 Å². The number of carbonyl (C=O) groups excluding carboxylic acids is 2. The van der Waals surface area contributed by atoms with E-state index in [9.17, 15) is 32.9 Å². The smallest absolute Gasteiger partial charge is 0.449 e. The summed E-state index contributed by atoms with van der Waals surface area (Å²) in [5.41, 5.74) is -0.568. The predicted molar refractivity (Wildman–Crippen MR) is 102 cm³/mol. The zero-order valence-electron chi connectivity index (χ0n) is 15.4. The van der Waals surface area contributed by atoms with Crippen LogP contribution in [0.4, 0.5) is 24.5 Å². The molecule has 3 rings (SSSR count). The maximum absolute atomic E-state index is 13.3. The fourth-order valence-electron chi connectivity index (χ4n) is 2.73. The van der Waals surface area contributed by atoms with Gasteiger partial charge in [0, 0.05) is 11.1 Å². The van der Waals surface area contributed by atoms with Crippen LogP contribution in [0, 0.1) is 10.1 Å². The molecule has 0 fully saturated rings. The molecule has 2 aromatic carbocycles. The Hall–Kier alpha value is -3.67. The van der Waals surface area contributed by atoms with Crippen molar-refractivity contribution in [3.05, 3.63) is 63.4 Å². The molecule has 0 atom stereocenters. The predicted octanol–water partition coefficient (Wildman–Crippen LogP) is 3.80. The number of aromatic nitrogens is 2. The Labute approximate surface area is 176 Å². The van der Waals surface area contributed by atoms with Crippen molar-refractivity contribution in [2.45, 2.75) is 12.7 Å². The van der Waals surface area contributed by atoms with Crippen molar-refractivity contribution in [3.63, 3.8) is 0 Å². The van der Waals surface area contributed by atoms with Gasteiger partial charge >= 0.3 is 12.1 Å². The molecule has 31 heavy (non-hydrogen) atoms. The number of nitro groups is 1. The zero-order chi connectivity index (χ0) is 22.8. The molecule has 0 saturated carbocycles. The Morgan fingerprint density at radius 1 is 1.23 bits per heavy atom. The van der Waals surface area contributed by atoms with Gasteiger partial charge in [0.05, 0.1) is 16.0 Å². The van der Waals surface area contributed by atoms with Crippen molar-refractivity contribution in [1.82, 2.24) is 9.55 Å². The van der Waals surface area contributed by atoms with E-state index in [0.717, 1.165) is 12.1 Å². The monoisotopic (exact) mass is 456 g/mol. The average Bonchev–Trinajstić information content (AvgIpc) is 3.05. The molecule has 1 N–H and O–H groups in total. The number of esters is 1. The van der Waals surface area contributed by atoms with Crippen molar-refractivity contribution in [2.24, 2.45) is 0 Å². The van der Waals surface area contributed by atoms with Gasteiger partial charge in [0.25, 0.3) is 11.6 Å². The topological polar surface area (TPSA) is 116 Å². The number of amides is 1. The van der Waals surface area contributed by atoms with E-state index < -0.39 is 47.6 Å². The van der Waals surface area contributed by atoms with Gasteiger partial charge in [0.1, 0.15) is 12.2 Å². The van der Waals surface area contributed by atoms with E-state index in [2.05, 4.69) is 10.3 Å². The summed E-state index contributed by atoms with van der Waals surface area (Å²) >= 11 is 5.75. The lowest BCUT2D eigenvalue weighted by atomic mass is 10.2. The lowest BCUT2D eigenvalue weighted by Crippen LogP contribution is -2.25. The fourth-order valence-corrected chi connectivity index (χ4v) is 2.90. The number of fused-ring (bicyclic) bond motifs is 1. The molecule has 0 bridgehead atoms. The number of para-hydroxylation sites is 2. The maximum Gasteiger partial charge on any atom is 0.449 e. The molecule has 0 spiro atoms. The summed E-state index contributed by atoms with van der Waals surface area (Å²) in [5.74, 6) is -3.36. The number of hydrogen-bond acceptors (Lipinski definition) is 6. The third-order valence-corrected chi connectivity index (χ3v) is 4.22. The number of nitrogens with zero attached hydrogens (tertiary/aromatic N) is 3. The van der Waals surface area contributed by atoms with Crippen molar-refractivity contribution in [2.75, 3.05) is 11.9 Å². The highest BCUT2D eigenvalue weighted by molar-refractivity contribution is 6.31. The lowest BCUT2D eigenvalue weighted by Gasteiger charge is -2.11. The van der Waals surface area contributed by atoms with E-state index in [-0.39, 0.29) is 21.7 Å². The molecule has 0 unspecified atom stereocenters. The van der Waals surface area contributed by atoms with Crippen LogP contribution in [-0.4, -0.2) is 33.0 Å². The summed E-state index contributed by atoms with van der Waals surface area (Å²) in [5, 5.41) is 13.3. The van der Waals surface area contributed by atoms with Crippen LogP contribution in [-0.2, 0) is 27.0 Å². The first-order chi connectivity index (χ1) is 14.6. The van der Waals surface area contributed by atoms with E-state index in [1.807, 2.05) is 0 Å².